The van der Waals surface area contributed by atoms with Crippen molar-refractivity contribution in [3.05, 3.63) is 58.6 Å². The van der Waals surface area contributed by atoms with Crippen molar-refractivity contribution >= 4 is 37.5 Å². The number of methoxy groups -OCH3 is 1. The molecule has 0 spiro atoms. The van der Waals surface area contributed by atoms with Crippen LogP contribution in [0.4, 0.5) is 5.69 Å². The number of carbonyl (C=O) groups is 1. The van der Waals surface area contributed by atoms with E-state index in [-0.39, 0.29) is 17.6 Å². The minimum atomic E-state index is -3.40. The fourth-order valence-corrected chi connectivity index (χ4v) is 6.62. The number of sulfonamides is 1. The number of rotatable bonds is 6. The van der Waals surface area contributed by atoms with E-state index < -0.39 is 10.0 Å². The average Bonchev–Trinajstić information content (AvgIpc) is 2.83. The van der Waals surface area contributed by atoms with Crippen LogP contribution in [-0.4, -0.2) is 69.9 Å². The summed E-state index contributed by atoms with van der Waals surface area (Å²) < 4.78 is 33.6. The van der Waals surface area contributed by atoms with E-state index in [4.69, 9.17) is 4.74 Å². The smallest absolute Gasteiger partial charge is 0.225 e. The van der Waals surface area contributed by atoms with Gasteiger partial charge in [0.05, 0.1) is 18.6 Å². The first kappa shape index (κ1) is 24.0. The molecule has 9 heteroatoms. The molecule has 2 aromatic carbocycles. The van der Waals surface area contributed by atoms with Gasteiger partial charge < -0.3 is 14.5 Å². The molecule has 178 valence electrons. The van der Waals surface area contributed by atoms with Crippen molar-refractivity contribution in [1.82, 2.24) is 9.21 Å². The second kappa shape index (κ2) is 10.4. The van der Waals surface area contributed by atoms with E-state index in [1.54, 1.807) is 7.11 Å². The van der Waals surface area contributed by atoms with E-state index in [0.29, 0.717) is 39.0 Å². The number of hydrogen-bond donors (Lipinski definition) is 0. The number of para-hydroxylation sites is 2. The van der Waals surface area contributed by atoms with Crippen LogP contribution < -0.4 is 9.64 Å². The van der Waals surface area contributed by atoms with Crippen LogP contribution in [0.3, 0.4) is 0 Å². The third kappa shape index (κ3) is 5.70. The zero-order valence-corrected chi connectivity index (χ0v) is 21.2. The first-order valence-electron chi connectivity index (χ1n) is 11.3. The lowest BCUT2D eigenvalue weighted by Crippen LogP contribution is -2.52. The van der Waals surface area contributed by atoms with Crippen LogP contribution in [0.15, 0.2) is 53.0 Å². The van der Waals surface area contributed by atoms with Gasteiger partial charge in [-0.05, 0) is 42.7 Å². The summed E-state index contributed by atoms with van der Waals surface area (Å²) in [5.41, 5.74) is 1.81. The van der Waals surface area contributed by atoms with E-state index >= 15 is 0 Å². The molecule has 0 radical (unpaired) electrons. The summed E-state index contributed by atoms with van der Waals surface area (Å²) in [6, 6.07) is 15.3. The Bertz CT molecular complexity index is 1080. The van der Waals surface area contributed by atoms with Crippen LogP contribution >= 0.6 is 15.9 Å². The van der Waals surface area contributed by atoms with Crippen LogP contribution in [0, 0.1) is 5.92 Å². The number of anilines is 1. The monoisotopic (exact) mass is 535 g/mol. The highest BCUT2D eigenvalue weighted by atomic mass is 79.9. The third-order valence-corrected chi connectivity index (χ3v) is 8.80. The van der Waals surface area contributed by atoms with Crippen LogP contribution in [0.5, 0.6) is 5.75 Å². The Labute approximate surface area is 204 Å². The number of hydrogen-bond acceptors (Lipinski definition) is 5. The first-order valence-corrected chi connectivity index (χ1v) is 13.7. The Hall–Kier alpha value is -2.10. The molecule has 33 heavy (non-hydrogen) atoms. The number of nitrogens with zero attached hydrogens (tertiary/aromatic N) is 3. The number of piperidine rings is 1. The Kier molecular flexibility index (Phi) is 7.61. The Morgan fingerprint density at radius 2 is 1.70 bits per heavy atom. The number of piperazine rings is 1. The van der Waals surface area contributed by atoms with Crippen LogP contribution in [0.25, 0.3) is 0 Å². The summed E-state index contributed by atoms with van der Waals surface area (Å²) >= 11 is 3.39. The summed E-state index contributed by atoms with van der Waals surface area (Å²) in [6.45, 7) is 3.64. The number of halogens is 1. The fraction of sp³-hybridized carbons (Fsp3) is 0.458. The van der Waals surface area contributed by atoms with E-state index in [0.717, 1.165) is 34.6 Å². The van der Waals surface area contributed by atoms with Gasteiger partial charge in [-0.2, -0.15) is 0 Å². The normalized spacial score (nSPS) is 18.4. The first-order chi connectivity index (χ1) is 15.9. The quantitative estimate of drug-likeness (QED) is 0.567. The summed E-state index contributed by atoms with van der Waals surface area (Å²) in [5, 5.41) is 0. The fourth-order valence-electron chi connectivity index (χ4n) is 4.63. The van der Waals surface area contributed by atoms with E-state index in [9.17, 15) is 13.2 Å². The molecule has 0 saturated carbocycles. The molecule has 2 aliphatic rings. The highest BCUT2D eigenvalue weighted by Crippen LogP contribution is 2.29. The maximum absolute atomic E-state index is 13.1. The van der Waals surface area contributed by atoms with Gasteiger partial charge >= 0.3 is 0 Å². The van der Waals surface area contributed by atoms with Gasteiger partial charge in [-0.1, -0.05) is 40.2 Å². The van der Waals surface area contributed by atoms with Crippen molar-refractivity contribution < 1.29 is 17.9 Å². The highest BCUT2D eigenvalue weighted by Gasteiger charge is 2.34. The van der Waals surface area contributed by atoms with Crippen molar-refractivity contribution in [3.63, 3.8) is 0 Å². The molecular formula is C24H30BrN3O4S. The molecule has 0 atom stereocenters. The van der Waals surface area contributed by atoms with Crippen molar-refractivity contribution in [3.8, 4) is 5.75 Å². The van der Waals surface area contributed by atoms with Gasteiger partial charge in [0.15, 0.2) is 0 Å². The molecule has 0 unspecified atom stereocenters. The minimum Gasteiger partial charge on any atom is -0.495 e. The molecule has 2 fully saturated rings. The summed E-state index contributed by atoms with van der Waals surface area (Å²) in [5.74, 6) is 0.864. The second-order valence-corrected chi connectivity index (χ2v) is 11.4. The van der Waals surface area contributed by atoms with Gasteiger partial charge in [0.2, 0.25) is 15.9 Å². The molecular weight excluding hydrogens is 506 g/mol. The topological polar surface area (TPSA) is 70.2 Å². The molecule has 0 aliphatic carbocycles. The van der Waals surface area contributed by atoms with Gasteiger partial charge in [0.25, 0.3) is 0 Å². The molecule has 4 rings (SSSR count). The SMILES string of the molecule is COc1ccccc1N1CCN(C(=O)C2CCN(S(=O)(=O)Cc3cccc(Br)c3)CC2)CC1. The van der Waals surface area contributed by atoms with Crippen LogP contribution in [0.1, 0.15) is 18.4 Å². The molecule has 0 bridgehead atoms. The lowest BCUT2D eigenvalue weighted by Gasteiger charge is -2.39. The van der Waals surface area contributed by atoms with Crippen LogP contribution in [-0.2, 0) is 20.6 Å². The van der Waals surface area contributed by atoms with E-state index in [1.807, 2.05) is 53.4 Å². The average molecular weight is 536 g/mol. The molecule has 1 amide bonds. The number of carbonyl (C=O) groups excluding carboxylic acids is 1. The molecule has 0 N–H and O–H groups in total. The van der Waals surface area contributed by atoms with Crippen molar-refractivity contribution in [2.75, 3.05) is 51.3 Å². The van der Waals surface area contributed by atoms with E-state index in [1.165, 1.54) is 4.31 Å². The minimum absolute atomic E-state index is 0.0179. The van der Waals surface area contributed by atoms with Crippen molar-refractivity contribution in [2.45, 2.75) is 18.6 Å². The maximum atomic E-state index is 13.1. The Balaban J connectivity index is 1.29. The standard InChI is InChI=1S/C24H30BrN3O4S/c1-32-23-8-3-2-7-22(23)26-13-15-27(16-14-26)24(29)20-9-11-28(12-10-20)33(30,31)18-19-5-4-6-21(25)17-19/h2-8,17,20H,9-16,18H2,1H3. The van der Waals surface area contributed by atoms with Gasteiger partial charge in [-0.3, -0.25) is 4.79 Å². The van der Waals surface area contributed by atoms with Gasteiger partial charge in [0, 0.05) is 49.7 Å². The van der Waals surface area contributed by atoms with Crippen LogP contribution in [0.2, 0.25) is 0 Å². The third-order valence-electron chi connectivity index (χ3n) is 6.45. The summed E-state index contributed by atoms with van der Waals surface area (Å²) in [4.78, 5) is 17.3. The predicted molar refractivity (Wildman–Crippen MR) is 133 cm³/mol. The Morgan fingerprint density at radius 3 is 2.36 bits per heavy atom. The van der Waals surface area contributed by atoms with Gasteiger partial charge in [-0.15, -0.1) is 0 Å². The zero-order chi connectivity index (χ0) is 23.4. The highest BCUT2D eigenvalue weighted by molar-refractivity contribution is 9.10. The number of benzene rings is 2. The molecule has 2 heterocycles. The molecule has 7 nitrogen and oxygen atoms in total. The Morgan fingerprint density at radius 1 is 1.00 bits per heavy atom. The summed E-state index contributed by atoms with van der Waals surface area (Å²) in [7, 11) is -1.73. The zero-order valence-electron chi connectivity index (χ0n) is 18.8. The van der Waals surface area contributed by atoms with Gasteiger partial charge in [-0.25, -0.2) is 12.7 Å². The second-order valence-electron chi connectivity index (χ2n) is 8.54. The number of ether oxygens (including phenoxy) is 1. The lowest BCUT2D eigenvalue weighted by molar-refractivity contribution is -0.137. The van der Waals surface area contributed by atoms with Crippen molar-refractivity contribution in [2.24, 2.45) is 5.92 Å². The molecule has 2 saturated heterocycles. The van der Waals surface area contributed by atoms with Gasteiger partial charge in [0.1, 0.15) is 5.75 Å². The summed E-state index contributed by atoms with van der Waals surface area (Å²) in [6.07, 6.45) is 1.15. The number of amides is 1. The largest absolute Gasteiger partial charge is 0.495 e. The van der Waals surface area contributed by atoms with Crippen molar-refractivity contribution in [1.29, 1.82) is 0 Å². The van der Waals surface area contributed by atoms with E-state index in [2.05, 4.69) is 20.8 Å². The lowest BCUT2D eigenvalue weighted by atomic mass is 9.96. The predicted octanol–water partition coefficient (Wildman–Crippen LogP) is 3.35. The molecule has 0 aromatic heterocycles. The molecule has 2 aliphatic heterocycles. The maximum Gasteiger partial charge on any atom is 0.225 e. The molecule has 2 aromatic rings.